The van der Waals surface area contributed by atoms with Crippen LogP contribution in [0.2, 0.25) is 0 Å². The molecular weight excluding hydrogens is 216 g/mol. The van der Waals surface area contributed by atoms with Gasteiger partial charge < -0.3 is 4.74 Å². The van der Waals surface area contributed by atoms with Crippen molar-refractivity contribution >= 4 is 12.6 Å². The molecular formula is C14H22OS. The lowest BCUT2D eigenvalue weighted by Gasteiger charge is -2.17. The third-order valence-electron chi connectivity index (χ3n) is 2.96. The second-order valence-corrected chi connectivity index (χ2v) is 4.77. The number of rotatable bonds is 5. The van der Waals surface area contributed by atoms with Crippen molar-refractivity contribution in [2.45, 2.75) is 40.0 Å². The van der Waals surface area contributed by atoms with E-state index in [0.29, 0.717) is 5.92 Å². The maximum atomic E-state index is 5.60. The Morgan fingerprint density at radius 3 is 2.50 bits per heavy atom. The van der Waals surface area contributed by atoms with Crippen molar-refractivity contribution in [3.8, 4) is 5.75 Å². The van der Waals surface area contributed by atoms with E-state index in [0.717, 1.165) is 24.5 Å². The lowest BCUT2D eigenvalue weighted by molar-refractivity contribution is 0.337. The molecule has 0 fully saturated rings. The van der Waals surface area contributed by atoms with Crippen LogP contribution in [0.4, 0.5) is 0 Å². The van der Waals surface area contributed by atoms with Gasteiger partial charge in [-0.05, 0) is 61.6 Å². The van der Waals surface area contributed by atoms with Gasteiger partial charge in [0.15, 0.2) is 0 Å². The average molecular weight is 238 g/mol. The van der Waals surface area contributed by atoms with Crippen LogP contribution in [0, 0.1) is 13.8 Å². The molecule has 1 atom stereocenters. The minimum atomic E-state index is 0.576. The molecule has 0 heterocycles. The van der Waals surface area contributed by atoms with Crippen LogP contribution in [0.3, 0.4) is 0 Å². The van der Waals surface area contributed by atoms with Crippen LogP contribution in [0.5, 0.6) is 5.75 Å². The molecule has 0 amide bonds. The zero-order valence-electron chi connectivity index (χ0n) is 10.7. The zero-order valence-corrected chi connectivity index (χ0v) is 11.6. The van der Waals surface area contributed by atoms with Crippen LogP contribution in [0.25, 0.3) is 0 Å². The van der Waals surface area contributed by atoms with Gasteiger partial charge in [-0.15, -0.1) is 0 Å². The lowest BCUT2D eigenvalue weighted by Crippen LogP contribution is -2.01. The maximum Gasteiger partial charge on any atom is 0.122 e. The highest BCUT2D eigenvalue weighted by Crippen LogP contribution is 2.29. The van der Waals surface area contributed by atoms with E-state index in [-0.39, 0.29) is 0 Å². The summed E-state index contributed by atoms with van der Waals surface area (Å²) in [7, 11) is 0. The number of benzene rings is 1. The van der Waals surface area contributed by atoms with Crippen molar-refractivity contribution in [3.05, 3.63) is 28.8 Å². The first-order valence-corrected chi connectivity index (χ1v) is 6.58. The van der Waals surface area contributed by atoms with Gasteiger partial charge >= 0.3 is 0 Å². The largest absolute Gasteiger partial charge is 0.494 e. The van der Waals surface area contributed by atoms with E-state index in [1.807, 2.05) is 6.92 Å². The second-order valence-electron chi connectivity index (χ2n) is 4.32. The van der Waals surface area contributed by atoms with E-state index in [9.17, 15) is 0 Å². The van der Waals surface area contributed by atoms with Gasteiger partial charge in [0.2, 0.25) is 0 Å². The Labute approximate surface area is 105 Å². The van der Waals surface area contributed by atoms with Crippen molar-refractivity contribution in [3.63, 3.8) is 0 Å². The van der Waals surface area contributed by atoms with E-state index >= 15 is 0 Å². The number of ether oxygens (including phenoxy) is 1. The highest BCUT2D eigenvalue weighted by molar-refractivity contribution is 7.80. The van der Waals surface area contributed by atoms with Gasteiger partial charge in [0.1, 0.15) is 5.75 Å². The van der Waals surface area contributed by atoms with Crippen molar-refractivity contribution < 1.29 is 4.74 Å². The fourth-order valence-electron chi connectivity index (χ4n) is 2.00. The monoisotopic (exact) mass is 238 g/mol. The summed E-state index contributed by atoms with van der Waals surface area (Å²) < 4.78 is 5.60. The van der Waals surface area contributed by atoms with Crippen LogP contribution in [0.1, 0.15) is 42.9 Å². The summed E-state index contributed by atoms with van der Waals surface area (Å²) in [6.07, 6.45) is 1.12. The molecule has 1 rings (SSSR count). The SMILES string of the molecule is CCOc1cc(C)c(C(C)CCS)cc1C. The highest BCUT2D eigenvalue weighted by Gasteiger charge is 2.10. The summed E-state index contributed by atoms with van der Waals surface area (Å²) in [6.45, 7) is 9.28. The average Bonchev–Trinajstić information content (AvgIpc) is 2.23. The second kappa shape index (κ2) is 6.19. The number of hydrogen-bond acceptors (Lipinski definition) is 2. The predicted molar refractivity (Wildman–Crippen MR) is 74.0 cm³/mol. The van der Waals surface area contributed by atoms with E-state index in [1.165, 1.54) is 16.7 Å². The van der Waals surface area contributed by atoms with Crippen LogP contribution in [0.15, 0.2) is 12.1 Å². The van der Waals surface area contributed by atoms with Crippen LogP contribution in [-0.4, -0.2) is 12.4 Å². The first kappa shape index (κ1) is 13.4. The third-order valence-corrected chi connectivity index (χ3v) is 3.21. The third kappa shape index (κ3) is 3.18. The maximum absolute atomic E-state index is 5.60. The summed E-state index contributed by atoms with van der Waals surface area (Å²) in [4.78, 5) is 0. The summed E-state index contributed by atoms with van der Waals surface area (Å²) in [6, 6.07) is 4.41. The minimum absolute atomic E-state index is 0.576. The van der Waals surface area contributed by atoms with Gasteiger partial charge in [0.25, 0.3) is 0 Å². The molecule has 0 aromatic heterocycles. The quantitative estimate of drug-likeness (QED) is 0.759. The van der Waals surface area contributed by atoms with Gasteiger partial charge in [0.05, 0.1) is 6.61 Å². The topological polar surface area (TPSA) is 9.23 Å². The zero-order chi connectivity index (χ0) is 12.1. The molecule has 0 N–H and O–H groups in total. The molecule has 0 aliphatic carbocycles. The van der Waals surface area contributed by atoms with Gasteiger partial charge in [-0.25, -0.2) is 0 Å². The molecule has 2 heteroatoms. The van der Waals surface area contributed by atoms with Gasteiger partial charge in [-0.2, -0.15) is 12.6 Å². The fourth-order valence-corrected chi connectivity index (χ4v) is 2.39. The molecule has 0 aliphatic heterocycles. The Balaban J connectivity index is 3.00. The van der Waals surface area contributed by atoms with E-state index < -0.39 is 0 Å². The molecule has 0 saturated carbocycles. The molecule has 0 bridgehead atoms. The van der Waals surface area contributed by atoms with Crippen molar-refractivity contribution in [1.82, 2.24) is 0 Å². The smallest absolute Gasteiger partial charge is 0.122 e. The summed E-state index contributed by atoms with van der Waals surface area (Å²) in [5.74, 6) is 2.53. The van der Waals surface area contributed by atoms with Crippen LogP contribution >= 0.6 is 12.6 Å². The molecule has 16 heavy (non-hydrogen) atoms. The molecule has 0 aliphatic rings. The highest BCUT2D eigenvalue weighted by atomic mass is 32.1. The number of thiol groups is 1. The van der Waals surface area contributed by atoms with Gasteiger partial charge in [-0.1, -0.05) is 13.0 Å². The summed E-state index contributed by atoms with van der Waals surface area (Å²) >= 11 is 4.30. The van der Waals surface area contributed by atoms with Gasteiger partial charge in [0, 0.05) is 0 Å². The number of aryl methyl sites for hydroxylation is 2. The first-order valence-electron chi connectivity index (χ1n) is 5.95. The van der Waals surface area contributed by atoms with Crippen molar-refractivity contribution in [2.75, 3.05) is 12.4 Å². The van der Waals surface area contributed by atoms with Crippen LogP contribution < -0.4 is 4.74 Å². The fraction of sp³-hybridized carbons (Fsp3) is 0.571. The van der Waals surface area contributed by atoms with Crippen molar-refractivity contribution in [2.24, 2.45) is 0 Å². The minimum Gasteiger partial charge on any atom is -0.494 e. The Bertz CT molecular complexity index is 347. The lowest BCUT2D eigenvalue weighted by atomic mass is 9.92. The van der Waals surface area contributed by atoms with Gasteiger partial charge in [-0.3, -0.25) is 0 Å². The summed E-state index contributed by atoms with van der Waals surface area (Å²) in [5.41, 5.74) is 3.98. The Hall–Kier alpha value is -0.630. The Kier molecular flexibility index (Phi) is 5.20. The van der Waals surface area contributed by atoms with E-state index in [1.54, 1.807) is 0 Å². The first-order chi connectivity index (χ1) is 7.60. The molecule has 1 unspecified atom stereocenters. The van der Waals surface area contributed by atoms with Crippen molar-refractivity contribution in [1.29, 1.82) is 0 Å². The molecule has 0 spiro atoms. The molecule has 1 aromatic carbocycles. The van der Waals surface area contributed by atoms with E-state index in [4.69, 9.17) is 4.74 Å². The normalized spacial score (nSPS) is 12.6. The molecule has 1 nitrogen and oxygen atoms in total. The molecule has 0 radical (unpaired) electrons. The standard InChI is InChI=1S/C14H22OS/c1-5-15-14-9-11(3)13(8-12(14)4)10(2)6-7-16/h8-10,16H,5-7H2,1-4H3. The number of hydrogen-bond donors (Lipinski definition) is 1. The Morgan fingerprint density at radius 1 is 1.25 bits per heavy atom. The summed E-state index contributed by atoms with van der Waals surface area (Å²) in [5, 5.41) is 0. The molecule has 90 valence electrons. The molecule has 1 aromatic rings. The van der Waals surface area contributed by atoms with Crippen LogP contribution in [-0.2, 0) is 0 Å². The molecule has 0 saturated heterocycles. The van der Waals surface area contributed by atoms with E-state index in [2.05, 4.69) is 45.5 Å². The predicted octanol–water partition coefficient (Wildman–Crippen LogP) is 4.13. The Morgan fingerprint density at radius 2 is 1.94 bits per heavy atom.